The number of hydrogen-bond donors (Lipinski definition) is 0. The summed E-state index contributed by atoms with van der Waals surface area (Å²) in [5, 5.41) is -0.345. The van der Waals surface area contributed by atoms with Crippen LogP contribution in [0.2, 0.25) is 5.28 Å². The molecule has 0 radical (unpaired) electrons. The van der Waals surface area contributed by atoms with Crippen LogP contribution >= 0.6 is 11.6 Å². The average molecular weight is 328 g/mol. The molecule has 0 amide bonds. The van der Waals surface area contributed by atoms with Crippen molar-refractivity contribution in [2.24, 2.45) is 0 Å². The number of halogens is 4. The molecule has 22 heavy (non-hydrogen) atoms. The fourth-order valence-corrected chi connectivity index (χ4v) is 2.84. The van der Waals surface area contributed by atoms with Gasteiger partial charge >= 0.3 is 6.18 Å². The van der Waals surface area contributed by atoms with E-state index in [0.717, 1.165) is 5.56 Å². The summed E-state index contributed by atoms with van der Waals surface area (Å²) in [6.07, 6.45) is -4.08. The van der Waals surface area contributed by atoms with Crippen molar-refractivity contribution in [1.29, 1.82) is 0 Å². The Kier molecular flexibility index (Phi) is 4.06. The maximum atomic E-state index is 13.1. The second kappa shape index (κ2) is 5.85. The van der Waals surface area contributed by atoms with Crippen LogP contribution in [0.4, 0.5) is 13.2 Å². The third kappa shape index (κ3) is 3.23. The van der Waals surface area contributed by atoms with Gasteiger partial charge in [-0.2, -0.15) is 13.2 Å². The molecule has 0 saturated heterocycles. The number of aromatic nitrogens is 2. The van der Waals surface area contributed by atoms with Crippen LogP contribution in [0.15, 0.2) is 30.3 Å². The first kappa shape index (κ1) is 15.2. The Hall–Kier alpha value is -1.66. The topological polar surface area (TPSA) is 29.0 Å². The lowest BCUT2D eigenvalue weighted by atomic mass is 10.0. The summed E-state index contributed by atoms with van der Waals surface area (Å²) in [7, 11) is 0. The van der Waals surface area contributed by atoms with Crippen LogP contribution in [0.5, 0.6) is 0 Å². The summed E-state index contributed by atoms with van der Waals surface area (Å²) in [5.41, 5.74) is 0.686. The molecule has 1 aliphatic heterocycles. The minimum atomic E-state index is -4.52. The largest absolute Gasteiger partial charge is 0.433 e. The van der Waals surface area contributed by atoms with E-state index in [1.165, 1.54) is 0 Å². The van der Waals surface area contributed by atoms with Crippen LogP contribution in [0, 0.1) is 0 Å². The van der Waals surface area contributed by atoms with Crippen molar-refractivity contribution in [2.75, 3.05) is 6.54 Å². The molecular formula is C15H13ClF3N3. The molecule has 2 aromatic rings. The number of nitrogens with zero attached hydrogens (tertiary/aromatic N) is 3. The van der Waals surface area contributed by atoms with Gasteiger partial charge in [0.1, 0.15) is 0 Å². The maximum Gasteiger partial charge on any atom is 0.433 e. The van der Waals surface area contributed by atoms with E-state index in [0.29, 0.717) is 25.2 Å². The van der Waals surface area contributed by atoms with Crippen LogP contribution in [0.25, 0.3) is 0 Å². The highest BCUT2D eigenvalue weighted by molar-refractivity contribution is 6.28. The van der Waals surface area contributed by atoms with Gasteiger partial charge in [-0.25, -0.2) is 9.97 Å². The van der Waals surface area contributed by atoms with E-state index in [1.54, 1.807) is 0 Å². The molecule has 1 aliphatic rings. The number of hydrogen-bond acceptors (Lipinski definition) is 3. The van der Waals surface area contributed by atoms with Gasteiger partial charge in [0, 0.05) is 31.6 Å². The summed E-state index contributed by atoms with van der Waals surface area (Å²) in [4.78, 5) is 9.32. The molecule has 0 unspecified atom stereocenters. The van der Waals surface area contributed by atoms with E-state index in [4.69, 9.17) is 11.6 Å². The molecule has 1 aromatic heterocycles. The molecule has 0 bridgehead atoms. The van der Waals surface area contributed by atoms with E-state index in [1.807, 2.05) is 35.2 Å². The molecule has 0 fully saturated rings. The first-order valence-electron chi connectivity index (χ1n) is 6.82. The van der Waals surface area contributed by atoms with Crippen molar-refractivity contribution in [3.63, 3.8) is 0 Å². The normalized spacial score (nSPS) is 15.6. The van der Waals surface area contributed by atoms with E-state index in [9.17, 15) is 13.2 Å². The number of fused-ring (bicyclic) bond motifs is 1. The van der Waals surface area contributed by atoms with Crippen LogP contribution in [-0.2, 0) is 25.7 Å². The zero-order valence-electron chi connectivity index (χ0n) is 11.6. The van der Waals surface area contributed by atoms with Crippen molar-refractivity contribution in [3.05, 3.63) is 58.1 Å². The van der Waals surface area contributed by atoms with Gasteiger partial charge < -0.3 is 0 Å². The van der Waals surface area contributed by atoms with Crippen molar-refractivity contribution < 1.29 is 13.2 Å². The van der Waals surface area contributed by atoms with Crippen LogP contribution < -0.4 is 0 Å². The van der Waals surface area contributed by atoms with Crippen molar-refractivity contribution in [1.82, 2.24) is 14.9 Å². The third-order valence-electron chi connectivity index (χ3n) is 3.63. The lowest BCUT2D eigenvalue weighted by molar-refractivity contribution is -0.142. The monoisotopic (exact) mass is 327 g/mol. The summed E-state index contributed by atoms with van der Waals surface area (Å²) in [5.74, 6) is 0. The van der Waals surface area contributed by atoms with Gasteiger partial charge in [0.2, 0.25) is 5.28 Å². The van der Waals surface area contributed by atoms with Crippen LogP contribution in [0.1, 0.15) is 22.5 Å². The zero-order chi connectivity index (χ0) is 15.7. The van der Waals surface area contributed by atoms with Crippen LogP contribution in [-0.4, -0.2) is 21.4 Å². The van der Waals surface area contributed by atoms with Gasteiger partial charge in [-0.1, -0.05) is 30.3 Å². The molecule has 116 valence electrons. The van der Waals surface area contributed by atoms with Crippen molar-refractivity contribution in [3.8, 4) is 0 Å². The van der Waals surface area contributed by atoms with E-state index >= 15 is 0 Å². The highest BCUT2D eigenvalue weighted by atomic mass is 35.5. The predicted octanol–water partition coefficient (Wildman–Crippen LogP) is 3.71. The minimum Gasteiger partial charge on any atom is -0.294 e. The van der Waals surface area contributed by atoms with E-state index < -0.39 is 11.9 Å². The molecule has 2 heterocycles. The lowest BCUT2D eigenvalue weighted by Crippen LogP contribution is -2.33. The van der Waals surface area contributed by atoms with Gasteiger partial charge in [-0.05, 0) is 17.2 Å². The number of alkyl halides is 3. The standard InChI is InChI=1S/C15H13ClF3N3/c16-14-20-12-6-7-22(8-10-4-2-1-3-5-10)9-11(12)13(21-14)15(17,18)19/h1-5H,6-9H2. The molecule has 0 saturated carbocycles. The smallest absolute Gasteiger partial charge is 0.294 e. The lowest BCUT2D eigenvalue weighted by Gasteiger charge is -2.29. The molecule has 3 rings (SSSR count). The SMILES string of the molecule is FC(F)(F)c1nc(Cl)nc2c1CN(Cc1ccccc1)CC2. The molecule has 0 aliphatic carbocycles. The van der Waals surface area contributed by atoms with Crippen molar-refractivity contribution >= 4 is 11.6 Å². The van der Waals surface area contributed by atoms with Gasteiger partial charge in [0.15, 0.2) is 5.69 Å². The average Bonchev–Trinajstić information content (AvgIpc) is 2.47. The van der Waals surface area contributed by atoms with Crippen molar-refractivity contribution in [2.45, 2.75) is 25.7 Å². The second-order valence-electron chi connectivity index (χ2n) is 5.21. The molecule has 7 heteroatoms. The maximum absolute atomic E-state index is 13.1. The van der Waals surface area contributed by atoms with Gasteiger partial charge in [-0.3, -0.25) is 4.90 Å². The highest BCUT2D eigenvalue weighted by Crippen LogP contribution is 2.34. The molecular weight excluding hydrogens is 315 g/mol. The third-order valence-corrected chi connectivity index (χ3v) is 3.80. The zero-order valence-corrected chi connectivity index (χ0v) is 12.3. The van der Waals surface area contributed by atoms with E-state index in [2.05, 4.69) is 9.97 Å². The summed E-state index contributed by atoms with van der Waals surface area (Å²) in [6.45, 7) is 1.42. The Balaban J connectivity index is 1.88. The van der Waals surface area contributed by atoms with Gasteiger partial charge in [-0.15, -0.1) is 0 Å². The number of rotatable bonds is 2. The summed E-state index contributed by atoms with van der Waals surface area (Å²) in [6, 6.07) is 9.65. The number of benzene rings is 1. The van der Waals surface area contributed by atoms with Gasteiger partial charge in [0.25, 0.3) is 0 Å². The van der Waals surface area contributed by atoms with Crippen LogP contribution in [0.3, 0.4) is 0 Å². The first-order chi connectivity index (χ1) is 10.4. The van der Waals surface area contributed by atoms with E-state index in [-0.39, 0.29) is 17.4 Å². The summed E-state index contributed by atoms with van der Waals surface area (Å²) < 4.78 is 39.4. The first-order valence-corrected chi connectivity index (χ1v) is 7.20. The molecule has 0 N–H and O–H groups in total. The Morgan fingerprint density at radius 2 is 1.86 bits per heavy atom. The quantitative estimate of drug-likeness (QED) is 0.787. The molecule has 1 aromatic carbocycles. The van der Waals surface area contributed by atoms with Gasteiger partial charge in [0.05, 0.1) is 5.69 Å². The summed E-state index contributed by atoms with van der Waals surface area (Å²) >= 11 is 5.62. The Labute approximate surface area is 130 Å². The predicted molar refractivity (Wildman–Crippen MR) is 76.3 cm³/mol. The highest BCUT2D eigenvalue weighted by Gasteiger charge is 2.38. The fraction of sp³-hybridized carbons (Fsp3) is 0.333. The second-order valence-corrected chi connectivity index (χ2v) is 5.55. The Morgan fingerprint density at radius 3 is 2.55 bits per heavy atom. The molecule has 0 atom stereocenters. The fourth-order valence-electron chi connectivity index (χ4n) is 2.65. The Bertz CT molecular complexity index is 674. The minimum absolute atomic E-state index is 0.138. The Morgan fingerprint density at radius 1 is 1.14 bits per heavy atom. The molecule has 3 nitrogen and oxygen atoms in total. The molecule has 0 spiro atoms.